The highest BCUT2D eigenvalue weighted by Gasteiger charge is 2.39. The van der Waals surface area contributed by atoms with E-state index in [-0.39, 0.29) is 63.2 Å². The quantitative estimate of drug-likeness (QED) is 0.289. The van der Waals surface area contributed by atoms with Gasteiger partial charge in [-0.25, -0.2) is 14.9 Å². The lowest BCUT2D eigenvalue weighted by molar-refractivity contribution is -0.138. The number of carbonyl (C=O) groups excluding carboxylic acids is 2. The number of alkyl halides is 6. The number of aromatic amines is 1. The topological polar surface area (TPSA) is 130 Å². The van der Waals surface area contributed by atoms with Crippen LogP contribution in [0.4, 0.5) is 37.8 Å². The van der Waals surface area contributed by atoms with Gasteiger partial charge in [-0.1, -0.05) is 0 Å². The summed E-state index contributed by atoms with van der Waals surface area (Å²) in [5.41, 5.74) is -4.67. The molecule has 2 aliphatic heterocycles. The van der Waals surface area contributed by atoms with Gasteiger partial charge >= 0.3 is 18.3 Å². The lowest BCUT2D eigenvalue weighted by Crippen LogP contribution is -2.56. The van der Waals surface area contributed by atoms with Crippen LogP contribution in [0.15, 0.2) is 23.3 Å². The first-order valence-corrected chi connectivity index (χ1v) is 12.0. The molecule has 0 aliphatic carbocycles. The zero-order valence-electron chi connectivity index (χ0n) is 20.9. The average Bonchev–Trinajstić information content (AvgIpc) is 3.01. The van der Waals surface area contributed by atoms with Crippen molar-refractivity contribution >= 4 is 23.4 Å². The fourth-order valence-electron chi connectivity index (χ4n) is 4.42. The molecule has 218 valence electrons. The molecule has 0 spiro atoms. The molecule has 0 bridgehead atoms. The third-order valence-electron chi connectivity index (χ3n) is 6.30. The van der Waals surface area contributed by atoms with Gasteiger partial charge in [0.15, 0.2) is 0 Å². The van der Waals surface area contributed by atoms with Crippen LogP contribution in [0, 0.1) is 0 Å². The van der Waals surface area contributed by atoms with Gasteiger partial charge in [0, 0.05) is 31.9 Å². The van der Waals surface area contributed by atoms with Gasteiger partial charge in [-0.2, -0.15) is 31.4 Å². The zero-order chi connectivity index (χ0) is 29.2. The molecule has 2 N–H and O–H groups in total. The van der Waals surface area contributed by atoms with E-state index >= 15 is 0 Å². The van der Waals surface area contributed by atoms with Crippen molar-refractivity contribution in [1.29, 1.82) is 0 Å². The van der Waals surface area contributed by atoms with Gasteiger partial charge in [0.25, 0.3) is 5.56 Å². The highest BCUT2D eigenvalue weighted by atomic mass is 19.4. The number of hydrogen-bond donors (Lipinski definition) is 2. The maximum absolute atomic E-state index is 13.2. The van der Waals surface area contributed by atoms with Crippen molar-refractivity contribution in [1.82, 2.24) is 20.1 Å². The number of aromatic nitrogens is 3. The molecule has 11 nitrogen and oxygen atoms in total. The summed E-state index contributed by atoms with van der Waals surface area (Å²) in [6, 6.07) is -0.481. The Hall–Kier alpha value is -3.89. The van der Waals surface area contributed by atoms with Crippen LogP contribution < -0.4 is 15.8 Å². The molecule has 4 rings (SSSR count). The second kappa shape index (κ2) is 11.3. The van der Waals surface area contributed by atoms with E-state index in [0.29, 0.717) is 12.3 Å². The molecule has 40 heavy (non-hydrogen) atoms. The molecule has 2 aromatic rings. The lowest BCUT2D eigenvalue weighted by atomic mass is 10.1. The number of fused-ring (bicyclic) bond motifs is 3. The Morgan fingerprint density at radius 3 is 2.65 bits per heavy atom. The fourth-order valence-corrected chi connectivity index (χ4v) is 4.42. The van der Waals surface area contributed by atoms with Crippen molar-refractivity contribution in [2.24, 2.45) is 0 Å². The Bertz CT molecular complexity index is 1320. The van der Waals surface area contributed by atoms with Gasteiger partial charge in [0.1, 0.15) is 23.6 Å². The van der Waals surface area contributed by atoms with E-state index in [0.717, 1.165) is 6.20 Å². The van der Waals surface area contributed by atoms with Crippen LogP contribution in [0.2, 0.25) is 0 Å². The summed E-state index contributed by atoms with van der Waals surface area (Å²) in [5, 5.41) is 7.65. The third kappa shape index (κ3) is 6.46. The number of pyridine rings is 1. The predicted octanol–water partition coefficient (Wildman–Crippen LogP) is 2.30. The number of carbonyl (C=O) groups is 2. The monoisotopic (exact) mass is 578 g/mol. The SMILES string of the molecule is C[C@@H](COCCC(=O)N1CCN2c3ncc(C(F)(F)F)cc3C(=O)OC[C@H]2C1)Nc1cn[nH]c(=O)c1C(F)(F)F. The van der Waals surface area contributed by atoms with Gasteiger partial charge in [0.05, 0.1) is 43.1 Å². The maximum atomic E-state index is 13.2. The highest BCUT2D eigenvalue weighted by Crippen LogP contribution is 2.34. The normalized spacial score (nSPS) is 18.4. The van der Waals surface area contributed by atoms with Crippen LogP contribution in [-0.4, -0.2) is 83.5 Å². The number of nitrogens with zero attached hydrogens (tertiary/aromatic N) is 4. The Balaban J connectivity index is 1.29. The minimum atomic E-state index is -4.89. The number of halogens is 6. The molecule has 4 heterocycles. The molecule has 17 heteroatoms. The van der Waals surface area contributed by atoms with Crippen LogP contribution >= 0.6 is 0 Å². The van der Waals surface area contributed by atoms with Crippen molar-refractivity contribution < 1.29 is 45.4 Å². The Labute approximate surface area is 222 Å². The van der Waals surface area contributed by atoms with E-state index < -0.39 is 52.8 Å². The summed E-state index contributed by atoms with van der Waals surface area (Å²) < 4.78 is 89.4. The molecule has 0 radical (unpaired) electrons. The molecule has 0 saturated carbocycles. The third-order valence-corrected chi connectivity index (χ3v) is 6.30. The minimum absolute atomic E-state index is 0.0465. The van der Waals surface area contributed by atoms with E-state index in [4.69, 9.17) is 9.47 Å². The largest absolute Gasteiger partial charge is 0.460 e. The number of ether oxygens (including phenoxy) is 2. The van der Waals surface area contributed by atoms with Crippen molar-refractivity contribution in [3.05, 3.63) is 45.5 Å². The fraction of sp³-hybridized carbons (Fsp3) is 0.522. The Kier molecular flexibility index (Phi) is 8.23. The molecule has 0 unspecified atom stereocenters. The standard InChI is InChI=1S/C23H24F6N6O5/c1-12(32-16-8-31-33-20(37)18(16)23(27,28)29)10-39-5-2-17(36)34-3-4-35-14(9-34)11-40-21(38)15-6-13(22(24,25)26)7-30-19(15)35/h6-8,12,14H,2-5,9-11H2,1H3,(H2,32,33,37)/t12-,14+/m0/s1. The summed E-state index contributed by atoms with van der Waals surface area (Å²) in [5.74, 6) is -1.17. The summed E-state index contributed by atoms with van der Waals surface area (Å²) in [6.45, 7) is 1.78. The first-order chi connectivity index (χ1) is 18.8. The first-order valence-electron chi connectivity index (χ1n) is 12.0. The van der Waals surface area contributed by atoms with Crippen molar-refractivity contribution in [3.63, 3.8) is 0 Å². The molecular weight excluding hydrogens is 554 g/mol. The predicted molar refractivity (Wildman–Crippen MR) is 126 cm³/mol. The Morgan fingerprint density at radius 2 is 1.95 bits per heavy atom. The second-order valence-electron chi connectivity index (χ2n) is 9.23. The van der Waals surface area contributed by atoms with Crippen molar-refractivity contribution in [2.45, 2.75) is 37.8 Å². The molecule has 2 atom stereocenters. The van der Waals surface area contributed by atoms with Gasteiger partial charge in [-0.3, -0.25) is 9.59 Å². The first kappa shape index (κ1) is 29.1. The molecular formula is C23H24F6N6O5. The van der Waals surface area contributed by atoms with Gasteiger partial charge in [-0.05, 0) is 13.0 Å². The number of nitrogens with one attached hydrogen (secondary N) is 2. The van der Waals surface area contributed by atoms with Crippen LogP contribution in [0.1, 0.15) is 34.8 Å². The minimum Gasteiger partial charge on any atom is -0.460 e. The molecule has 1 amide bonds. The highest BCUT2D eigenvalue weighted by molar-refractivity contribution is 5.96. The van der Waals surface area contributed by atoms with E-state index in [2.05, 4.69) is 15.4 Å². The molecule has 1 saturated heterocycles. The second-order valence-corrected chi connectivity index (χ2v) is 9.23. The summed E-state index contributed by atoms with van der Waals surface area (Å²) in [6.07, 6.45) is -8.13. The summed E-state index contributed by atoms with van der Waals surface area (Å²) in [7, 11) is 0. The smallest absolute Gasteiger partial charge is 0.423 e. The maximum Gasteiger partial charge on any atom is 0.423 e. The molecule has 0 aromatic carbocycles. The van der Waals surface area contributed by atoms with E-state index in [9.17, 15) is 40.7 Å². The lowest BCUT2D eigenvalue weighted by Gasteiger charge is -2.41. The zero-order valence-corrected chi connectivity index (χ0v) is 20.9. The number of H-pyrrole nitrogens is 1. The van der Waals surface area contributed by atoms with Crippen LogP contribution in [0.25, 0.3) is 0 Å². The van der Waals surface area contributed by atoms with Gasteiger partial charge in [-0.15, -0.1) is 0 Å². The molecule has 2 aliphatic rings. The molecule has 1 fully saturated rings. The summed E-state index contributed by atoms with van der Waals surface area (Å²) >= 11 is 0. The number of rotatable bonds is 7. The van der Waals surface area contributed by atoms with Gasteiger partial charge < -0.3 is 24.6 Å². The number of hydrogen-bond acceptors (Lipinski definition) is 9. The Morgan fingerprint density at radius 1 is 1.20 bits per heavy atom. The number of piperazine rings is 1. The van der Waals surface area contributed by atoms with E-state index in [1.54, 1.807) is 10.00 Å². The van der Waals surface area contributed by atoms with Crippen molar-refractivity contribution in [3.8, 4) is 0 Å². The summed E-state index contributed by atoms with van der Waals surface area (Å²) in [4.78, 5) is 43.7. The van der Waals surface area contributed by atoms with E-state index in [1.165, 1.54) is 11.8 Å². The van der Waals surface area contributed by atoms with Crippen LogP contribution in [0.3, 0.4) is 0 Å². The number of cyclic esters (lactones) is 1. The number of esters is 1. The average molecular weight is 578 g/mol. The van der Waals surface area contributed by atoms with Gasteiger partial charge in [0.2, 0.25) is 5.91 Å². The molecule has 2 aromatic heterocycles. The van der Waals surface area contributed by atoms with Crippen LogP contribution in [-0.2, 0) is 26.6 Å². The number of amides is 1. The van der Waals surface area contributed by atoms with E-state index in [1.807, 2.05) is 0 Å². The van der Waals surface area contributed by atoms with Crippen molar-refractivity contribution in [2.75, 3.05) is 49.7 Å². The number of anilines is 2. The van der Waals surface area contributed by atoms with Crippen LogP contribution in [0.5, 0.6) is 0 Å².